The first-order valence-corrected chi connectivity index (χ1v) is 7.80. The monoisotopic (exact) mass is 313 g/mol. The van der Waals surface area contributed by atoms with E-state index in [4.69, 9.17) is 5.11 Å². The molecule has 0 bridgehead atoms. The van der Waals surface area contributed by atoms with Crippen molar-refractivity contribution in [3.63, 3.8) is 0 Å². The molecule has 1 aromatic heterocycles. The van der Waals surface area contributed by atoms with Crippen LogP contribution < -0.4 is 0 Å². The van der Waals surface area contributed by atoms with Gasteiger partial charge in [-0.05, 0) is 18.2 Å². The molecule has 0 saturated carbocycles. The van der Waals surface area contributed by atoms with Crippen molar-refractivity contribution in [2.75, 3.05) is 5.75 Å². The summed E-state index contributed by atoms with van der Waals surface area (Å²) in [7, 11) is 0. The third-order valence-corrected chi connectivity index (χ3v) is 5.11. The summed E-state index contributed by atoms with van der Waals surface area (Å²) in [6, 6.07) is 6.80. The lowest BCUT2D eigenvalue weighted by Crippen LogP contribution is -2.56. The summed E-state index contributed by atoms with van der Waals surface area (Å²) in [6.45, 7) is 0. The molecule has 2 aliphatic rings. The fourth-order valence-electron chi connectivity index (χ4n) is 2.71. The average molecular weight is 313 g/mol. The zero-order valence-corrected chi connectivity index (χ0v) is 12.2. The zero-order valence-electron chi connectivity index (χ0n) is 11.3. The van der Waals surface area contributed by atoms with Crippen molar-refractivity contribution in [2.24, 2.45) is 0 Å². The lowest BCUT2D eigenvalue weighted by atomic mass is 10.0. The maximum absolute atomic E-state index is 12.2. The number of fused-ring (bicyclic) bond motifs is 2. The highest BCUT2D eigenvalue weighted by atomic mass is 32.2. The van der Waals surface area contributed by atoms with Gasteiger partial charge in [-0.2, -0.15) is 0 Å². The number of carbonyl (C=O) groups is 2. The molecule has 2 atom stereocenters. The minimum Gasteiger partial charge on any atom is -0.480 e. The Morgan fingerprint density at radius 2 is 2.14 bits per heavy atom. The van der Waals surface area contributed by atoms with Crippen molar-refractivity contribution in [2.45, 2.75) is 11.4 Å². The fourth-order valence-corrected chi connectivity index (χ4v) is 4.13. The highest BCUT2D eigenvalue weighted by Crippen LogP contribution is 2.43. The van der Waals surface area contributed by atoms with Crippen LogP contribution in [0.1, 0.15) is 5.69 Å². The highest BCUT2D eigenvalue weighted by molar-refractivity contribution is 8.00. The van der Waals surface area contributed by atoms with Gasteiger partial charge in [0.05, 0.1) is 28.5 Å². The van der Waals surface area contributed by atoms with E-state index in [1.807, 2.05) is 24.3 Å². The van der Waals surface area contributed by atoms with Gasteiger partial charge in [-0.1, -0.05) is 12.1 Å². The predicted octanol–water partition coefficient (Wildman–Crippen LogP) is 1.38. The van der Waals surface area contributed by atoms with Gasteiger partial charge >= 0.3 is 5.97 Å². The number of carboxylic acid groups (broad SMARTS) is 1. The van der Waals surface area contributed by atoms with E-state index in [1.54, 1.807) is 12.3 Å². The molecule has 2 saturated heterocycles. The van der Waals surface area contributed by atoms with Crippen LogP contribution in [0, 0.1) is 0 Å². The van der Waals surface area contributed by atoms with Crippen molar-refractivity contribution >= 4 is 40.7 Å². The molecular weight excluding hydrogens is 302 g/mol. The van der Waals surface area contributed by atoms with Crippen molar-refractivity contribution in [1.29, 1.82) is 0 Å². The van der Waals surface area contributed by atoms with E-state index in [0.717, 1.165) is 11.0 Å². The normalized spacial score (nSPS) is 25.4. The van der Waals surface area contributed by atoms with Crippen molar-refractivity contribution < 1.29 is 14.7 Å². The smallest absolute Gasteiger partial charge is 0.327 e. The van der Waals surface area contributed by atoms with Crippen LogP contribution in [-0.2, 0) is 9.59 Å². The SMILES string of the molecule is O=C(O)C1CS[C@@H]2C(=Cc3cnc4ccccc4n3)C(=O)N12. The molecule has 1 N–H and O–H groups in total. The Kier molecular flexibility index (Phi) is 2.90. The van der Waals surface area contributed by atoms with E-state index in [0.29, 0.717) is 17.0 Å². The summed E-state index contributed by atoms with van der Waals surface area (Å²) in [5, 5.41) is 8.92. The molecular formula is C15H11N3O3S. The number of para-hydroxylation sites is 2. The standard InChI is InChI=1S/C15H11N3O3S/c19-13-9(14-18(13)12(7-22-14)15(20)21)5-8-6-16-10-3-1-2-4-11(10)17-8/h1-6,12,14H,7H2,(H,20,21)/t12?,14-/m1/s1. The van der Waals surface area contributed by atoms with E-state index >= 15 is 0 Å². The van der Waals surface area contributed by atoms with E-state index < -0.39 is 12.0 Å². The average Bonchev–Trinajstić information content (AvgIpc) is 2.93. The molecule has 1 unspecified atom stereocenters. The molecule has 0 spiro atoms. The molecule has 1 amide bonds. The second-order valence-corrected chi connectivity index (χ2v) is 6.25. The second-order valence-electron chi connectivity index (χ2n) is 5.14. The van der Waals surface area contributed by atoms with Gasteiger partial charge in [0.1, 0.15) is 11.4 Å². The van der Waals surface area contributed by atoms with E-state index in [9.17, 15) is 9.59 Å². The number of thioether (sulfide) groups is 1. The van der Waals surface area contributed by atoms with Crippen LogP contribution in [0.5, 0.6) is 0 Å². The number of benzene rings is 1. The van der Waals surface area contributed by atoms with Gasteiger partial charge in [0.2, 0.25) is 0 Å². The van der Waals surface area contributed by atoms with Crippen LogP contribution in [-0.4, -0.2) is 49.0 Å². The first-order chi connectivity index (χ1) is 10.6. The fraction of sp³-hybridized carbons (Fsp3) is 0.200. The van der Waals surface area contributed by atoms with Gasteiger partial charge in [-0.3, -0.25) is 9.78 Å². The number of hydrogen-bond acceptors (Lipinski definition) is 5. The highest BCUT2D eigenvalue weighted by Gasteiger charge is 2.53. The van der Waals surface area contributed by atoms with Crippen LogP contribution in [0.2, 0.25) is 0 Å². The van der Waals surface area contributed by atoms with E-state index in [1.165, 1.54) is 16.7 Å². The summed E-state index contributed by atoms with van der Waals surface area (Å²) in [6.07, 6.45) is 3.33. The van der Waals surface area contributed by atoms with E-state index in [2.05, 4.69) is 9.97 Å². The first kappa shape index (κ1) is 13.3. The number of carbonyl (C=O) groups excluding carboxylic acids is 1. The number of aromatic nitrogens is 2. The summed E-state index contributed by atoms with van der Waals surface area (Å²) in [5.74, 6) is -0.753. The van der Waals surface area contributed by atoms with E-state index in [-0.39, 0.29) is 11.3 Å². The van der Waals surface area contributed by atoms with Crippen LogP contribution in [0.3, 0.4) is 0 Å². The molecule has 0 aliphatic carbocycles. The molecule has 6 nitrogen and oxygen atoms in total. The van der Waals surface area contributed by atoms with Crippen LogP contribution in [0.15, 0.2) is 36.0 Å². The number of nitrogens with zero attached hydrogens (tertiary/aromatic N) is 3. The quantitative estimate of drug-likeness (QED) is 0.666. The van der Waals surface area contributed by atoms with Gasteiger partial charge in [-0.15, -0.1) is 11.8 Å². The van der Waals surface area contributed by atoms with Gasteiger partial charge in [0.15, 0.2) is 0 Å². The summed E-state index contributed by atoms with van der Waals surface area (Å²) < 4.78 is 0. The molecule has 0 radical (unpaired) electrons. The molecule has 1 aromatic carbocycles. The van der Waals surface area contributed by atoms with Crippen LogP contribution >= 0.6 is 11.8 Å². The number of carboxylic acids is 1. The maximum Gasteiger partial charge on any atom is 0.327 e. The molecule has 2 aromatic rings. The largest absolute Gasteiger partial charge is 0.480 e. The minimum absolute atomic E-state index is 0.179. The molecule has 7 heteroatoms. The molecule has 3 heterocycles. The van der Waals surface area contributed by atoms with Gasteiger partial charge < -0.3 is 10.0 Å². The Labute approximate surface area is 129 Å². The maximum atomic E-state index is 12.2. The number of aliphatic carboxylic acids is 1. The zero-order chi connectivity index (χ0) is 15.3. The van der Waals surface area contributed by atoms with Crippen molar-refractivity contribution in [1.82, 2.24) is 14.9 Å². The summed E-state index contributed by atoms with van der Waals surface area (Å²) in [4.78, 5) is 33.5. The Bertz CT molecular complexity index is 836. The molecule has 2 fully saturated rings. The van der Waals surface area contributed by atoms with Gasteiger partial charge in [0.25, 0.3) is 5.91 Å². The Morgan fingerprint density at radius 3 is 2.91 bits per heavy atom. The van der Waals surface area contributed by atoms with Gasteiger partial charge in [-0.25, -0.2) is 9.78 Å². The third kappa shape index (κ3) is 1.89. The molecule has 2 aliphatic heterocycles. The summed E-state index contributed by atoms with van der Waals surface area (Å²) >= 11 is 1.47. The number of β-lactam (4-membered cyclic amide) rings is 1. The van der Waals surface area contributed by atoms with Crippen LogP contribution in [0.4, 0.5) is 0 Å². The number of hydrogen-bond donors (Lipinski definition) is 1. The Balaban J connectivity index is 1.66. The predicted molar refractivity (Wildman–Crippen MR) is 82.0 cm³/mol. The van der Waals surface area contributed by atoms with Crippen molar-refractivity contribution in [3.8, 4) is 0 Å². The Hall–Kier alpha value is -2.41. The van der Waals surface area contributed by atoms with Crippen LogP contribution in [0.25, 0.3) is 17.1 Å². The lowest BCUT2D eigenvalue weighted by molar-refractivity contribution is -0.150. The second kappa shape index (κ2) is 4.81. The topological polar surface area (TPSA) is 83.4 Å². The summed E-state index contributed by atoms with van der Waals surface area (Å²) in [5.41, 5.74) is 2.77. The minimum atomic E-state index is -0.951. The Morgan fingerprint density at radius 1 is 1.36 bits per heavy atom. The molecule has 22 heavy (non-hydrogen) atoms. The lowest BCUT2D eigenvalue weighted by Gasteiger charge is -2.38. The van der Waals surface area contributed by atoms with Crippen molar-refractivity contribution in [3.05, 3.63) is 41.7 Å². The number of amides is 1. The third-order valence-electron chi connectivity index (χ3n) is 3.80. The first-order valence-electron chi connectivity index (χ1n) is 6.75. The van der Waals surface area contributed by atoms with Gasteiger partial charge in [0, 0.05) is 5.75 Å². The number of rotatable bonds is 2. The molecule has 110 valence electrons. The molecule has 4 rings (SSSR count).